The smallest absolute Gasteiger partial charge is 0.253 e. The van der Waals surface area contributed by atoms with Gasteiger partial charge in [-0.2, -0.15) is 0 Å². The minimum absolute atomic E-state index is 0.0532. The molecule has 0 atom stereocenters. The topological polar surface area (TPSA) is 78.5 Å². The van der Waals surface area contributed by atoms with Gasteiger partial charge in [0, 0.05) is 30.9 Å². The number of carbonyl (C=O) groups excluding carboxylic acids is 3. The van der Waals surface area contributed by atoms with Gasteiger partial charge in [-0.15, -0.1) is 0 Å². The van der Waals surface area contributed by atoms with Gasteiger partial charge in [0.1, 0.15) is 0 Å². The van der Waals surface area contributed by atoms with E-state index in [-0.39, 0.29) is 17.7 Å². The van der Waals surface area contributed by atoms with Crippen molar-refractivity contribution in [2.75, 3.05) is 18.4 Å². The Hall–Kier alpha value is -3.41. The molecule has 2 heterocycles. The molecule has 0 unspecified atom stereocenters. The average Bonchev–Trinajstić information content (AvgIpc) is 2.77. The second-order valence-corrected chi connectivity index (χ2v) is 7.49. The van der Waals surface area contributed by atoms with Crippen LogP contribution in [-0.2, 0) is 21.5 Å². The van der Waals surface area contributed by atoms with Crippen LogP contribution in [0, 0.1) is 0 Å². The van der Waals surface area contributed by atoms with Gasteiger partial charge in [0.25, 0.3) is 5.91 Å². The molecule has 1 saturated heterocycles. The molecule has 0 aromatic heterocycles. The first-order valence-corrected chi connectivity index (χ1v) is 9.73. The number of benzene rings is 2. The number of carbonyl (C=O) groups is 3. The zero-order valence-electron chi connectivity index (χ0n) is 16.1. The molecule has 2 N–H and O–H groups in total. The van der Waals surface area contributed by atoms with Crippen molar-refractivity contribution in [3.63, 3.8) is 0 Å². The molecule has 0 bridgehead atoms. The predicted molar refractivity (Wildman–Crippen MR) is 110 cm³/mol. The van der Waals surface area contributed by atoms with Crippen LogP contribution in [-0.4, -0.2) is 35.7 Å². The number of hydrogen-bond donors (Lipinski definition) is 2. The minimum Gasteiger partial charge on any atom is -0.351 e. The van der Waals surface area contributed by atoms with Crippen LogP contribution >= 0.6 is 0 Å². The lowest BCUT2D eigenvalue weighted by molar-refractivity contribution is -0.129. The van der Waals surface area contributed by atoms with Gasteiger partial charge in [-0.25, -0.2) is 0 Å². The number of hydrogen-bond acceptors (Lipinski definition) is 3. The molecule has 6 nitrogen and oxygen atoms in total. The fourth-order valence-corrected chi connectivity index (χ4v) is 4.30. The van der Waals surface area contributed by atoms with E-state index in [4.69, 9.17) is 0 Å². The summed E-state index contributed by atoms with van der Waals surface area (Å²) in [5.74, 6) is -0.368. The molecule has 3 amide bonds. The van der Waals surface area contributed by atoms with Crippen LogP contribution in [0.5, 0.6) is 0 Å². The summed E-state index contributed by atoms with van der Waals surface area (Å²) in [7, 11) is 0. The number of piperidine rings is 1. The Morgan fingerprint density at radius 2 is 1.86 bits per heavy atom. The van der Waals surface area contributed by atoms with Gasteiger partial charge in [0.2, 0.25) is 11.8 Å². The Bertz CT molecular complexity index is 990. The second kappa shape index (κ2) is 7.54. The molecule has 29 heavy (non-hydrogen) atoms. The second-order valence-electron chi connectivity index (χ2n) is 7.49. The molecular weight excluding hydrogens is 366 g/mol. The predicted octanol–water partition coefficient (Wildman–Crippen LogP) is 2.61. The molecule has 0 radical (unpaired) electrons. The van der Waals surface area contributed by atoms with Crippen molar-refractivity contribution in [2.24, 2.45) is 0 Å². The highest BCUT2D eigenvalue weighted by Crippen LogP contribution is 2.40. The fourth-order valence-electron chi connectivity index (χ4n) is 4.30. The largest absolute Gasteiger partial charge is 0.351 e. The average molecular weight is 389 g/mol. The molecule has 2 aliphatic heterocycles. The van der Waals surface area contributed by atoms with Crippen LogP contribution < -0.4 is 10.6 Å². The Balaban J connectivity index is 1.51. The standard InChI is InChI=1S/C23H23N3O3/c1-2-20(27)25-18-8-5-7-16(14-18)21(28)26-12-10-23(11-13-26)19-9-4-3-6-17(19)15-24-22(23)29/h2-9,14H,1,10-13,15H2,(H,24,29)(H,25,27). The number of amides is 3. The Labute approximate surface area is 169 Å². The van der Waals surface area contributed by atoms with Crippen molar-refractivity contribution in [1.82, 2.24) is 10.2 Å². The lowest BCUT2D eigenvalue weighted by Crippen LogP contribution is -2.55. The third kappa shape index (κ3) is 3.42. The molecule has 0 saturated carbocycles. The van der Waals surface area contributed by atoms with Gasteiger partial charge in [-0.1, -0.05) is 36.9 Å². The normalized spacial score (nSPS) is 17.2. The van der Waals surface area contributed by atoms with Gasteiger partial charge in [-0.05, 0) is 48.2 Å². The van der Waals surface area contributed by atoms with Crippen molar-refractivity contribution in [2.45, 2.75) is 24.8 Å². The zero-order chi connectivity index (χ0) is 20.4. The molecule has 2 aliphatic rings. The van der Waals surface area contributed by atoms with E-state index in [0.29, 0.717) is 43.7 Å². The van der Waals surface area contributed by atoms with E-state index in [1.54, 1.807) is 29.2 Å². The van der Waals surface area contributed by atoms with Crippen LogP contribution in [0.1, 0.15) is 34.3 Å². The monoisotopic (exact) mass is 389 g/mol. The van der Waals surface area contributed by atoms with E-state index >= 15 is 0 Å². The van der Waals surface area contributed by atoms with E-state index in [2.05, 4.69) is 23.3 Å². The van der Waals surface area contributed by atoms with E-state index in [1.807, 2.05) is 18.2 Å². The Kier molecular flexibility index (Phi) is 4.92. The minimum atomic E-state index is -0.564. The fraction of sp³-hybridized carbons (Fsp3) is 0.261. The number of nitrogens with one attached hydrogen (secondary N) is 2. The Morgan fingerprint density at radius 3 is 2.62 bits per heavy atom. The molecule has 2 aromatic carbocycles. The summed E-state index contributed by atoms with van der Waals surface area (Å²) in [6.45, 7) is 5.00. The van der Waals surface area contributed by atoms with Gasteiger partial charge in [-0.3, -0.25) is 14.4 Å². The molecule has 0 aliphatic carbocycles. The maximum Gasteiger partial charge on any atom is 0.253 e. The van der Waals surface area contributed by atoms with Crippen molar-refractivity contribution in [1.29, 1.82) is 0 Å². The number of anilines is 1. The number of fused-ring (bicyclic) bond motifs is 2. The van der Waals surface area contributed by atoms with E-state index in [9.17, 15) is 14.4 Å². The van der Waals surface area contributed by atoms with E-state index in [0.717, 1.165) is 11.1 Å². The first kappa shape index (κ1) is 18.9. The molecule has 1 fully saturated rings. The highest BCUT2D eigenvalue weighted by atomic mass is 16.2. The first-order chi connectivity index (χ1) is 14.0. The molecule has 1 spiro atoms. The summed E-state index contributed by atoms with van der Waals surface area (Å²) >= 11 is 0. The van der Waals surface area contributed by atoms with Crippen LogP contribution in [0.15, 0.2) is 61.2 Å². The lowest BCUT2D eigenvalue weighted by Gasteiger charge is -2.44. The summed E-state index contributed by atoms with van der Waals surface area (Å²) in [5, 5.41) is 5.69. The Morgan fingerprint density at radius 1 is 1.10 bits per heavy atom. The molecule has 148 valence electrons. The maximum atomic E-state index is 13.0. The van der Waals surface area contributed by atoms with Gasteiger partial charge >= 0.3 is 0 Å². The molecule has 6 heteroatoms. The van der Waals surface area contributed by atoms with Gasteiger partial charge in [0.15, 0.2) is 0 Å². The van der Waals surface area contributed by atoms with Gasteiger partial charge in [0.05, 0.1) is 5.41 Å². The number of likely N-dealkylation sites (tertiary alicyclic amines) is 1. The first-order valence-electron chi connectivity index (χ1n) is 9.73. The van der Waals surface area contributed by atoms with Gasteiger partial charge < -0.3 is 15.5 Å². The van der Waals surface area contributed by atoms with E-state index < -0.39 is 5.41 Å². The maximum absolute atomic E-state index is 13.0. The summed E-state index contributed by atoms with van der Waals surface area (Å²) in [6.07, 6.45) is 2.37. The molecular formula is C23H23N3O3. The summed E-state index contributed by atoms with van der Waals surface area (Å²) in [4.78, 5) is 39.1. The lowest BCUT2D eigenvalue weighted by atomic mass is 9.68. The summed E-state index contributed by atoms with van der Waals surface area (Å²) in [6, 6.07) is 14.9. The third-order valence-electron chi connectivity index (χ3n) is 5.87. The van der Waals surface area contributed by atoms with Crippen LogP contribution in [0.4, 0.5) is 5.69 Å². The summed E-state index contributed by atoms with van der Waals surface area (Å²) in [5.41, 5.74) is 2.74. The quantitative estimate of drug-likeness (QED) is 0.792. The van der Waals surface area contributed by atoms with Crippen molar-refractivity contribution in [3.8, 4) is 0 Å². The number of nitrogens with zero attached hydrogens (tertiary/aromatic N) is 1. The molecule has 2 aromatic rings. The van der Waals surface area contributed by atoms with Crippen molar-refractivity contribution in [3.05, 3.63) is 77.9 Å². The van der Waals surface area contributed by atoms with Crippen molar-refractivity contribution < 1.29 is 14.4 Å². The van der Waals surface area contributed by atoms with E-state index in [1.165, 1.54) is 6.08 Å². The SMILES string of the molecule is C=CC(=O)Nc1cccc(C(=O)N2CCC3(CC2)C(=O)NCc2ccccc23)c1. The molecule has 4 rings (SSSR count). The van der Waals surface area contributed by atoms with Crippen LogP contribution in [0.3, 0.4) is 0 Å². The third-order valence-corrected chi connectivity index (χ3v) is 5.87. The summed E-state index contributed by atoms with van der Waals surface area (Å²) < 4.78 is 0. The van der Waals surface area contributed by atoms with Crippen LogP contribution in [0.25, 0.3) is 0 Å². The number of rotatable bonds is 3. The highest BCUT2D eigenvalue weighted by Gasteiger charge is 2.46. The highest BCUT2D eigenvalue weighted by molar-refractivity contribution is 6.01. The zero-order valence-corrected chi connectivity index (χ0v) is 16.1. The van der Waals surface area contributed by atoms with Crippen molar-refractivity contribution >= 4 is 23.4 Å². The van der Waals surface area contributed by atoms with Crippen LogP contribution in [0.2, 0.25) is 0 Å².